The van der Waals surface area contributed by atoms with Crippen molar-refractivity contribution in [2.24, 2.45) is 5.92 Å². The van der Waals surface area contributed by atoms with Crippen LogP contribution in [0.25, 0.3) is 39.0 Å². The van der Waals surface area contributed by atoms with E-state index in [2.05, 4.69) is 235 Å². The van der Waals surface area contributed by atoms with Crippen molar-refractivity contribution in [3.8, 4) is 56.4 Å². The molecule has 6 aliphatic carbocycles. The Morgan fingerprint density at radius 1 is 0.465 bits per heavy atom. The zero-order chi connectivity index (χ0) is 46.4. The van der Waals surface area contributed by atoms with E-state index in [1.165, 1.54) is 83.5 Å². The minimum atomic E-state index is -0.475. The lowest BCUT2D eigenvalue weighted by atomic mass is 9.63. The van der Waals surface area contributed by atoms with Crippen LogP contribution in [0.15, 0.2) is 242 Å². The molecule has 0 saturated heterocycles. The molecule has 3 atom stereocenters. The summed E-state index contributed by atoms with van der Waals surface area (Å²) in [5, 5.41) is 0. The second-order valence-corrected chi connectivity index (χ2v) is 20.0. The highest BCUT2D eigenvalue weighted by Crippen LogP contribution is 2.69. The van der Waals surface area contributed by atoms with Gasteiger partial charge in [0.1, 0.15) is 0 Å². The zero-order valence-electron chi connectivity index (χ0n) is 38.8. The van der Waals surface area contributed by atoms with Crippen LogP contribution in [0.4, 0.5) is 17.1 Å². The summed E-state index contributed by atoms with van der Waals surface area (Å²) >= 11 is 0. The number of hydrogen-bond acceptors (Lipinski definition) is 3. The number of anilines is 3. The van der Waals surface area contributed by atoms with Gasteiger partial charge in [-0.05, 0) is 139 Å². The average Bonchev–Trinajstić information content (AvgIpc) is 4.13. The third-order valence-electron chi connectivity index (χ3n) is 16.9. The molecule has 3 heteroatoms. The van der Waals surface area contributed by atoms with Crippen LogP contribution in [0.1, 0.15) is 63.3 Å². The molecule has 0 saturated carbocycles. The number of allylic oxidation sites excluding steroid dienone is 8. The van der Waals surface area contributed by atoms with Gasteiger partial charge >= 0.3 is 0 Å². The Morgan fingerprint density at radius 3 is 1.89 bits per heavy atom. The lowest BCUT2D eigenvalue weighted by Crippen LogP contribution is -2.34. The summed E-state index contributed by atoms with van der Waals surface area (Å²) in [6.45, 7) is 0. The second-order valence-electron chi connectivity index (χ2n) is 20.0. The van der Waals surface area contributed by atoms with Gasteiger partial charge in [0.25, 0.3) is 0 Å². The molecule has 3 unspecified atom stereocenters. The van der Waals surface area contributed by atoms with Gasteiger partial charge in [0.15, 0.2) is 23.0 Å². The summed E-state index contributed by atoms with van der Waals surface area (Å²) < 4.78 is 14.4. The first-order chi connectivity index (χ1) is 35.2. The molecule has 0 radical (unpaired) electrons. The molecule has 334 valence electrons. The maximum absolute atomic E-state index is 7.22. The Morgan fingerprint density at radius 2 is 1.08 bits per heavy atom. The first kappa shape index (κ1) is 39.2. The van der Waals surface area contributed by atoms with E-state index in [0.29, 0.717) is 23.2 Å². The van der Waals surface area contributed by atoms with E-state index < -0.39 is 5.41 Å². The molecule has 9 aromatic carbocycles. The molecule has 0 bridgehead atoms. The maximum atomic E-state index is 7.22. The zero-order valence-corrected chi connectivity index (χ0v) is 38.8. The predicted molar refractivity (Wildman–Crippen MR) is 286 cm³/mol. The van der Waals surface area contributed by atoms with E-state index in [9.17, 15) is 0 Å². The third-order valence-corrected chi connectivity index (χ3v) is 16.9. The molecule has 0 aromatic heterocycles. The van der Waals surface area contributed by atoms with Crippen molar-refractivity contribution in [2.45, 2.75) is 29.6 Å². The Hall–Kier alpha value is -8.66. The van der Waals surface area contributed by atoms with E-state index in [1.54, 1.807) is 0 Å². The van der Waals surface area contributed by atoms with Crippen LogP contribution in [0.3, 0.4) is 0 Å². The summed E-state index contributed by atoms with van der Waals surface area (Å²) in [5.74, 6) is 3.44. The van der Waals surface area contributed by atoms with E-state index in [0.717, 1.165) is 41.2 Å². The van der Waals surface area contributed by atoms with Crippen LogP contribution in [0, 0.1) is 5.92 Å². The summed E-state index contributed by atoms with van der Waals surface area (Å²) in [6, 6.07) is 73.5. The van der Waals surface area contributed by atoms with E-state index >= 15 is 0 Å². The number of rotatable bonds is 4. The predicted octanol–water partition coefficient (Wildman–Crippen LogP) is 17.3. The van der Waals surface area contributed by atoms with Crippen LogP contribution in [-0.2, 0) is 10.8 Å². The van der Waals surface area contributed by atoms with Crippen LogP contribution in [0.2, 0.25) is 0 Å². The van der Waals surface area contributed by atoms with Gasteiger partial charge in [-0.25, -0.2) is 0 Å². The highest BCUT2D eigenvalue weighted by atomic mass is 16.6. The quantitative estimate of drug-likeness (QED) is 0.176. The monoisotopic (exact) mass is 907 g/mol. The topological polar surface area (TPSA) is 21.7 Å². The molecule has 0 N–H and O–H groups in total. The smallest absolute Gasteiger partial charge is 0.194 e. The standard InChI is InChI=1S/C68H45NO2/c1-2-18-43(19-3-1)69(44-38-36-42(37-39-44)45-26-16-27-51-50-24-8-14-32-57(50)68(64(45)51)55-30-12-6-22-48(55)49-23-7-13-31-56(49)68)60-34-17-35-61-65(60)70-62-41-40-59-63(66(62)71-61)52-25-9-15-33-58(52)67(59)53-28-10-4-20-46(53)47-21-5-11-29-54(47)67/h1-7,9-23,25-41,48,55H,8,24H2. The van der Waals surface area contributed by atoms with Gasteiger partial charge in [-0.15, -0.1) is 0 Å². The third kappa shape index (κ3) is 4.98. The van der Waals surface area contributed by atoms with Gasteiger partial charge in [-0.1, -0.05) is 194 Å². The fourth-order valence-electron chi connectivity index (χ4n) is 14.4. The number of nitrogens with zero attached hydrogens (tertiary/aromatic N) is 1. The van der Waals surface area contributed by atoms with Crippen molar-refractivity contribution in [1.29, 1.82) is 0 Å². The minimum Gasteiger partial charge on any atom is -0.449 e. The number of para-hydroxylation sites is 2. The first-order valence-electron chi connectivity index (χ1n) is 25.1. The second kappa shape index (κ2) is 14.4. The van der Waals surface area contributed by atoms with E-state index in [1.807, 2.05) is 6.07 Å². The number of fused-ring (bicyclic) bond motifs is 22. The summed E-state index contributed by atoms with van der Waals surface area (Å²) in [6.07, 6.45) is 16.5. The van der Waals surface area contributed by atoms with Crippen LogP contribution >= 0.6 is 0 Å². The average molecular weight is 908 g/mol. The molecular weight excluding hydrogens is 863 g/mol. The van der Waals surface area contributed by atoms with Crippen molar-refractivity contribution in [2.75, 3.05) is 4.90 Å². The molecule has 9 aromatic rings. The van der Waals surface area contributed by atoms with Gasteiger partial charge in [0, 0.05) is 28.8 Å². The lowest BCUT2D eigenvalue weighted by Gasteiger charge is -2.38. The van der Waals surface area contributed by atoms with Gasteiger partial charge in [-0.2, -0.15) is 0 Å². The Balaban J connectivity index is 0.822. The maximum Gasteiger partial charge on any atom is 0.194 e. The molecular formula is C68H45NO2. The van der Waals surface area contributed by atoms with E-state index in [4.69, 9.17) is 9.47 Å². The molecule has 71 heavy (non-hydrogen) atoms. The normalized spacial score (nSPS) is 19.9. The Labute approximate surface area is 413 Å². The highest BCUT2D eigenvalue weighted by Gasteiger charge is 2.58. The van der Waals surface area contributed by atoms with Gasteiger partial charge in [0.2, 0.25) is 0 Å². The number of hydrogen-bond donors (Lipinski definition) is 0. The van der Waals surface area contributed by atoms with Crippen molar-refractivity contribution >= 4 is 22.6 Å². The van der Waals surface area contributed by atoms with Crippen LogP contribution < -0.4 is 14.4 Å². The minimum absolute atomic E-state index is 0.277. The van der Waals surface area contributed by atoms with Crippen LogP contribution in [0.5, 0.6) is 23.0 Å². The number of benzene rings is 9. The van der Waals surface area contributed by atoms with Crippen molar-refractivity contribution in [3.63, 3.8) is 0 Å². The van der Waals surface area contributed by atoms with Gasteiger partial charge in [-0.3, -0.25) is 0 Å². The fourth-order valence-corrected chi connectivity index (χ4v) is 14.4. The molecule has 1 heterocycles. The molecule has 3 nitrogen and oxygen atoms in total. The molecule has 0 amide bonds. The van der Waals surface area contributed by atoms with Crippen LogP contribution in [-0.4, -0.2) is 0 Å². The molecule has 0 fully saturated rings. The van der Waals surface area contributed by atoms with Crippen molar-refractivity contribution < 1.29 is 9.47 Å². The summed E-state index contributed by atoms with van der Waals surface area (Å²) in [5.41, 5.74) is 23.4. The van der Waals surface area contributed by atoms with E-state index in [-0.39, 0.29) is 11.3 Å². The summed E-state index contributed by atoms with van der Waals surface area (Å²) in [4.78, 5) is 2.31. The lowest BCUT2D eigenvalue weighted by molar-refractivity contribution is 0.361. The fraction of sp³-hybridized carbons (Fsp3) is 0.0882. The molecule has 1 aliphatic heterocycles. The highest BCUT2D eigenvalue weighted by molar-refractivity contribution is 5.99. The number of ether oxygens (including phenoxy) is 2. The Bertz CT molecular complexity index is 3860. The molecule has 7 aliphatic rings. The SMILES string of the molecule is C1=CC2c3ccccc3C3(C4=C(CCC=C4)c4cccc(-c5ccc(N(c6ccccc6)c6cccc7c6Oc6ccc8c(c6O7)-c6ccccc6C86c7ccccc7-c7ccccc76)cc5)c43)C2C=C1. The first-order valence-corrected chi connectivity index (χ1v) is 25.1. The Kier molecular flexibility index (Phi) is 7.98. The molecule has 2 spiro atoms. The molecule has 16 rings (SSSR count). The van der Waals surface area contributed by atoms with Crippen molar-refractivity contribution in [3.05, 3.63) is 287 Å². The van der Waals surface area contributed by atoms with Gasteiger partial charge in [0.05, 0.1) is 16.5 Å². The largest absolute Gasteiger partial charge is 0.449 e. The van der Waals surface area contributed by atoms with Crippen molar-refractivity contribution in [1.82, 2.24) is 0 Å². The summed E-state index contributed by atoms with van der Waals surface area (Å²) in [7, 11) is 0. The van der Waals surface area contributed by atoms with Gasteiger partial charge < -0.3 is 14.4 Å².